The first-order valence-corrected chi connectivity index (χ1v) is 8.16. The van der Waals surface area contributed by atoms with Gasteiger partial charge in [-0.05, 0) is 44.7 Å². The number of hydrogen-bond acceptors (Lipinski definition) is 5. The fourth-order valence-corrected chi connectivity index (χ4v) is 3.11. The smallest absolute Gasteiger partial charge is 0.271 e. The highest BCUT2D eigenvalue weighted by molar-refractivity contribution is 5.93. The van der Waals surface area contributed by atoms with Crippen LogP contribution in [0, 0.1) is 5.92 Å². The topological polar surface area (TPSA) is 78.9 Å². The van der Waals surface area contributed by atoms with Gasteiger partial charge in [-0.2, -0.15) is 0 Å². The molecule has 0 aliphatic carbocycles. The number of fused-ring (bicyclic) bond motifs is 1. The van der Waals surface area contributed by atoms with E-state index in [9.17, 15) is 4.79 Å². The van der Waals surface area contributed by atoms with Crippen molar-refractivity contribution < 1.29 is 4.79 Å². The predicted octanol–water partition coefficient (Wildman–Crippen LogP) is 1.64. The van der Waals surface area contributed by atoms with E-state index in [1.807, 2.05) is 24.3 Å². The number of nitrogens with zero attached hydrogens (tertiary/aromatic N) is 2. The van der Waals surface area contributed by atoms with Crippen LogP contribution in [-0.2, 0) is 0 Å². The van der Waals surface area contributed by atoms with E-state index in [0.717, 1.165) is 23.9 Å². The lowest BCUT2D eigenvalue weighted by molar-refractivity contribution is 0.0947. The number of amides is 1. The Bertz CT molecular complexity index is 679. The monoisotopic (exact) mass is 313 g/mol. The van der Waals surface area contributed by atoms with Gasteiger partial charge in [-0.3, -0.25) is 20.6 Å². The third kappa shape index (κ3) is 3.65. The first-order valence-electron chi connectivity index (χ1n) is 8.16. The molecule has 1 amide bonds. The van der Waals surface area contributed by atoms with Gasteiger partial charge in [0.25, 0.3) is 5.91 Å². The van der Waals surface area contributed by atoms with Crippen molar-refractivity contribution in [1.82, 2.24) is 26.1 Å². The zero-order valence-electron chi connectivity index (χ0n) is 13.5. The van der Waals surface area contributed by atoms with Crippen LogP contribution in [0.2, 0.25) is 0 Å². The third-order valence-corrected chi connectivity index (χ3v) is 4.50. The molecular weight excluding hydrogens is 290 g/mol. The Hall–Kier alpha value is -2.05. The van der Waals surface area contributed by atoms with E-state index in [4.69, 9.17) is 0 Å². The average molecular weight is 313 g/mol. The lowest BCUT2D eigenvalue weighted by Crippen LogP contribution is -2.30. The highest BCUT2D eigenvalue weighted by Crippen LogP contribution is 2.19. The van der Waals surface area contributed by atoms with Crippen molar-refractivity contribution in [3.8, 4) is 0 Å². The molecule has 1 aliphatic rings. The van der Waals surface area contributed by atoms with Gasteiger partial charge in [0.1, 0.15) is 5.69 Å². The Balaban J connectivity index is 1.50. The minimum Gasteiger partial charge on any atom is -0.351 e. The van der Waals surface area contributed by atoms with E-state index in [1.165, 1.54) is 6.20 Å². The van der Waals surface area contributed by atoms with Crippen molar-refractivity contribution in [3.05, 3.63) is 36.2 Å². The molecule has 1 aliphatic heterocycles. The summed E-state index contributed by atoms with van der Waals surface area (Å²) in [5.41, 5.74) is 8.42. The van der Waals surface area contributed by atoms with Crippen LogP contribution in [0.5, 0.6) is 0 Å². The molecule has 6 nitrogen and oxygen atoms in total. The summed E-state index contributed by atoms with van der Waals surface area (Å²) in [6.07, 6.45) is 3.56. The van der Waals surface area contributed by atoms with Crippen LogP contribution in [-0.4, -0.2) is 34.5 Å². The number of para-hydroxylation sites is 2. The minimum absolute atomic E-state index is 0.160. The fraction of sp³-hybridized carbons (Fsp3) is 0.471. The minimum atomic E-state index is -0.160. The molecule has 0 saturated carbocycles. The van der Waals surface area contributed by atoms with Gasteiger partial charge in [-0.1, -0.05) is 12.1 Å². The van der Waals surface area contributed by atoms with Crippen LogP contribution in [0.1, 0.15) is 37.2 Å². The number of carbonyl (C=O) groups excluding carboxylic acids is 1. The second kappa shape index (κ2) is 7.02. The normalized spacial score (nSPS) is 24.0. The molecule has 122 valence electrons. The standard InChI is InChI=1S/C17H23N5O/c1-11-13(12(2)22-21-11)6-5-9-18-17(23)16-10-19-14-7-3-4-8-15(14)20-16/h3-4,7-8,10-13,21-22H,5-6,9H2,1-2H3,(H,18,23). The molecule has 2 unspecified atom stereocenters. The summed E-state index contributed by atoms with van der Waals surface area (Å²) in [6, 6.07) is 8.48. The Kier molecular flexibility index (Phi) is 4.83. The van der Waals surface area contributed by atoms with E-state index in [1.54, 1.807) is 0 Å². The van der Waals surface area contributed by atoms with Gasteiger partial charge in [0.2, 0.25) is 0 Å². The summed E-state index contributed by atoms with van der Waals surface area (Å²) >= 11 is 0. The summed E-state index contributed by atoms with van der Waals surface area (Å²) in [5.74, 6) is 0.430. The number of hydrogen-bond donors (Lipinski definition) is 3. The largest absolute Gasteiger partial charge is 0.351 e. The van der Waals surface area contributed by atoms with E-state index in [2.05, 4.69) is 40.0 Å². The van der Waals surface area contributed by atoms with Crippen molar-refractivity contribution in [2.75, 3.05) is 6.54 Å². The molecule has 2 aromatic rings. The van der Waals surface area contributed by atoms with Crippen LogP contribution in [0.3, 0.4) is 0 Å². The Morgan fingerprint density at radius 1 is 1.17 bits per heavy atom. The van der Waals surface area contributed by atoms with Gasteiger partial charge in [0, 0.05) is 18.6 Å². The molecule has 3 N–H and O–H groups in total. The zero-order valence-corrected chi connectivity index (χ0v) is 13.5. The first-order chi connectivity index (χ1) is 11.1. The van der Waals surface area contributed by atoms with Crippen LogP contribution in [0.25, 0.3) is 11.0 Å². The third-order valence-electron chi connectivity index (χ3n) is 4.50. The van der Waals surface area contributed by atoms with Gasteiger partial charge in [-0.15, -0.1) is 0 Å². The summed E-state index contributed by atoms with van der Waals surface area (Å²) in [6.45, 7) is 5.03. The van der Waals surface area contributed by atoms with Crippen molar-refractivity contribution >= 4 is 16.9 Å². The number of carbonyl (C=O) groups is 1. The zero-order chi connectivity index (χ0) is 16.2. The summed E-state index contributed by atoms with van der Waals surface area (Å²) in [4.78, 5) is 20.8. The van der Waals surface area contributed by atoms with Crippen molar-refractivity contribution in [1.29, 1.82) is 0 Å². The first kappa shape index (κ1) is 15.8. The maximum atomic E-state index is 12.2. The van der Waals surface area contributed by atoms with Crippen LogP contribution in [0.4, 0.5) is 0 Å². The molecule has 1 saturated heterocycles. The van der Waals surface area contributed by atoms with E-state index < -0.39 is 0 Å². The van der Waals surface area contributed by atoms with Crippen molar-refractivity contribution in [3.63, 3.8) is 0 Å². The van der Waals surface area contributed by atoms with Crippen molar-refractivity contribution in [2.24, 2.45) is 5.92 Å². The lowest BCUT2D eigenvalue weighted by Gasteiger charge is -2.17. The highest BCUT2D eigenvalue weighted by Gasteiger charge is 2.28. The number of aromatic nitrogens is 2. The highest BCUT2D eigenvalue weighted by atomic mass is 16.1. The molecule has 2 heterocycles. The molecule has 1 aromatic heterocycles. The van der Waals surface area contributed by atoms with Crippen LogP contribution >= 0.6 is 0 Å². The molecule has 3 rings (SSSR count). The molecule has 0 bridgehead atoms. The van der Waals surface area contributed by atoms with E-state index in [-0.39, 0.29) is 5.91 Å². The van der Waals surface area contributed by atoms with E-state index in [0.29, 0.717) is 30.2 Å². The van der Waals surface area contributed by atoms with Crippen LogP contribution < -0.4 is 16.2 Å². The number of nitrogens with one attached hydrogen (secondary N) is 3. The fourth-order valence-electron chi connectivity index (χ4n) is 3.11. The molecule has 2 atom stereocenters. The summed E-state index contributed by atoms with van der Waals surface area (Å²) < 4.78 is 0. The second-order valence-corrected chi connectivity index (χ2v) is 6.17. The molecule has 0 spiro atoms. The van der Waals surface area contributed by atoms with Gasteiger partial charge in [0.15, 0.2) is 0 Å². The molecule has 1 fully saturated rings. The number of hydrazine groups is 1. The SMILES string of the molecule is CC1NNC(C)C1CCCNC(=O)c1cnc2ccccc2n1. The van der Waals surface area contributed by atoms with Gasteiger partial charge >= 0.3 is 0 Å². The molecule has 1 aromatic carbocycles. The Morgan fingerprint density at radius 3 is 2.61 bits per heavy atom. The molecular formula is C17H23N5O. The molecule has 23 heavy (non-hydrogen) atoms. The number of rotatable bonds is 5. The molecule has 0 radical (unpaired) electrons. The molecule has 6 heteroatoms. The van der Waals surface area contributed by atoms with Gasteiger partial charge in [-0.25, -0.2) is 4.98 Å². The lowest BCUT2D eigenvalue weighted by atomic mass is 9.92. The van der Waals surface area contributed by atoms with Crippen molar-refractivity contribution in [2.45, 2.75) is 38.8 Å². The quantitative estimate of drug-likeness (QED) is 0.731. The predicted molar refractivity (Wildman–Crippen MR) is 89.8 cm³/mol. The average Bonchev–Trinajstić information content (AvgIpc) is 2.89. The van der Waals surface area contributed by atoms with Crippen LogP contribution in [0.15, 0.2) is 30.5 Å². The summed E-state index contributed by atoms with van der Waals surface area (Å²) in [7, 11) is 0. The number of benzene rings is 1. The van der Waals surface area contributed by atoms with E-state index >= 15 is 0 Å². The van der Waals surface area contributed by atoms with Gasteiger partial charge in [0.05, 0.1) is 17.2 Å². The van der Waals surface area contributed by atoms with Gasteiger partial charge < -0.3 is 5.32 Å². The Morgan fingerprint density at radius 2 is 1.87 bits per heavy atom. The Labute approximate surface area is 136 Å². The maximum absolute atomic E-state index is 12.2. The summed E-state index contributed by atoms with van der Waals surface area (Å²) in [5, 5.41) is 2.94. The second-order valence-electron chi connectivity index (χ2n) is 6.17. The maximum Gasteiger partial charge on any atom is 0.271 e.